The van der Waals surface area contributed by atoms with Gasteiger partial charge >= 0.3 is 0 Å². The van der Waals surface area contributed by atoms with Crippen molar-refractivity contribution in [1.82, 2.24) is 14.9 Å². The Balaban J connectivity index is 1.61. The molecule has 1 fully saturated rings. The summed E-state index contributed by atoms with van der Waals surface area (Å²) in [4.78, 5) is 4.30. The van der Waals surface area contributed by atoms with E-state index in [1.807, 2.05) is 31.2 Å². The van der Waals surface area contributed by atoms with Gasteiger partial charge in [-0.05, 0) is 32.6 Å². The van der Waals surface area contributed by atoms with E-state index in [0.29, 0.717) is 6.04 Å². The second kappa shape index (κ2) is 6.77. The monoisotopic (exact) mass is 283 g/mol. The average molecular weight is 283 g/mol. The minimum Gasteiger partial charge on any atom is -0.394 e. The van der Waals surface area contributed by atoms with Gasteiger partial charge in [0.1, 0.15) is 0 Å². The van der Waals surface area contributed by atoms with E-state index < -0.39 is 0 Å². The average Bonchev–Trinajstić information content (AvgIpc) is 3.11. The third-order valence-electron chi connectivity index (χ3n) is 3.61. The van der Waals surface area contributed by atoms with Crippen LogP contribution < -0.4 is 5.32 Å². The van der Waals surface area contributed by atoms with Crippen molar-refractivity contribution in [3.8, 4) is 0 Å². The number of aliphatic hydroxyl groups is 1. The second-order valence-electron chi connectivity index (χ2n) is 5.76. The normalized spacial score (nSPS) is 18.5. The molecular formula is C14H25N3OS. The number of aliphatic hydroxyl groups excluding tert-OH is 1. The fraction of sp³-hybridized carbons (Fsp3) is 0.786. The van der Waals surface area contributed by atoms with Crippen LogP contribution in [0.15, 0.2) is 17.6 Å². The molecule has 1 aliphatic carbocycles. The predicted molar refractivity (Wildman–Crippen MR) is 79.4 cm³/mol. The van der Waals surface area contributed by atoms with Crippen LogP contribution in [0.1, 0.15) is 39.0 Å². The molecule has 0 aliphatic heterocycles. The number of aryl methyl sites for hydroxylation is 1. The summed E-state index contributed by atoms with van der Waals surface area (Å²) in [5.74, 6) is 1.09. The molecule has 4 nitrogen and oxygen atoms in total. The summed E-state index contributed by atoms with van der Waals surface area (Å²) in [6, 6.07) is 0.652. The van der Waals surface area contributed by atoms with Gasteiger partial charge in [0.2, 0.25) is 0 Å². The molecule has 0 aromatic carbocycles. The van der Waals surface area contributed by atoms with Crippen LogP contribution in [0.4, 0.5) is 0 Å². The Morgan fingerprint density at radius 3 is 2.89 bits per heavy atom. The standard InChI is InChI=1S/C14H25N3OS/c1-14(11-18,16-12-5-6-12)7-3-4-10-19-13-15-8-9-17(13)2/h8-9,12,16,18H,3-7,10-11H2,1-2H3. The van der Waals surface area contributed by atoms with E-state index in [-0.39, 0.29) is 12.1 Å². The molecular weight excluding hydrogens is 258 g/mol. The number of unbranched alkanes of at least 4 members (excludes halogenated alkanes) is 1. The summed E-state index contributed by atoms with van der Waals surface area (Å²) in [5, 5.41) is 14.2. The fourth-order valence-electron chi connectivity index (χ4n) is 2.19. The smallest absolute Gasteiger partial charge is 0.167 e. The van der Waals surface area contributed by atoms with Crippen LogP contribution in [0.5, 0.6) is 0 Å². The highest BCUT2D eigenvalue weighted by Crippen LogP contribution is 2.25. The molecule has 1 aliphatic rings. The molecule has 19 heavy (non-hydrogen) atoms. The molecule has 0 bridgehead atoms. The third-order valence-corrected chi connectivity index (χ3v) is 4.75. The lowest BCUT2D eigenvalue weighted by atomic mass is 9.96. The van der Waals surface area contributed by atoms with Crippen molar-refractivity contribution in [3.63, 3.8) is 0 Å². The zero-order valence-electron chi connectivity index (χ0n) is 11.9. The highest BCUT2D eigenvalue weighted by Gasteiger charge is 2.31. The number of nitrogens with one attached hydrogen (secondary N) is 1. The van der Waals surface area contributed by atoms with Gasteiger partial charge in [0.05, 0.1) is 6.61 Å². The van der Waals surface area contributed by atoms with Gasteiger partial charge in [-0.15, -0.1) is 0 Å². The first-order valence-electron chi connectivity index (χ1n) is 7.12. The van der Waals surface area contributed by atoms with Crippen LogP contribution in [-0.2, 0) is 7.05 Å². The number of aromatic nitrogens is 2. The van der Waals surface area contributed by atoms with Crippen molar-refractivity contribution in [3.05, 3.63) is 12.4 Å². The van der Waals surface area contributed by atoms with Gasteiger partial charge in [-0.1, -0.05) is 18.2 Å². The molecule has 5 heteroatoms. The number of hydrogen-bond acceptors (Lipinski definition) is 4. The Bertz CT molecular complexity index is 392. The molecule has 1 aromatic heterocycles. The maximum absolute atomic E-state index is 9.52. The van der Waals surface area contributed by atoms with Gasteiger partial charge in [0.25, 0.3) is 0 Å². The van der Waals surface area contributed by atoms with Crippen molar-refractivity contribution in [2.45, 2.75) is 55.8 Å². The molecule has 1 unspecified atom stereocenters. The Morgan fingerprint density at radius 1 is 1.53 bits per heavy atom. The van der Waals surface area contributed by atoms with E-state index in [4.69, 9.17) is 0 Å². The number of rotatable bonds is 9. The van der Waals surface area contributed by atoms with Crippen LogP contribution in [0.25, 0.3) is 0 Å². The van der Waals surface area contributed by atoms with Gasteiger partial charge in [-0.2, -0.15) is 0 Å². The molecule has 0 radical (unpaired) electrons. The van der Waals surface area contributed by atoms with Crippen molar-refractivity contribution in [1.29, 1.82) is 0 Å². The zero-order valence-corrected chi connectivity index (χ0v) is 12.7. The van der Waals surface area contributed by atoms with Crippen molar-refractivity contribution < 1.29 is 5.11 Å². The van der Waals surface area contributed by atoms with Crippen molar-refractivity contribution in [2.24, 2.45) is 7.05 Å². The minimum absolute atomic E-state index is 0.0882. The molecule has 0 saturated heterocycles. The molecule has 0 spiro atoms. The Kier molecular flexibility index (Phi) is 5.30. The minimum atomic E-state index is -0.0882. The van der Waals surface area contributed by atoms with Gasteiger partial charge in [0.15, 0.2) is 5.16 Å². The third kappa shape index (κ3) is 4.82. The summed E-state index contributed by atoms with van der Waals surface area (Å²) in [7, 11) is 2.03. The molecule has 1 atom stereocenters. The number of imidazole rings is 1. The second-order valence-corrected chi connectivity index (χ2v) is 6.83. The number of hydrogen-bond donors (Lipinski definition) is 2. The highest BCUT2D eigenvalue weighted by atomic mass is 32.2. The molecule has 1 heterocycles. The van der Waals surface area contributed by atoms with Crippen LogP contribution in [0.2, 0.25) is 0 Å². The molecule has 1 saturated carbocycles. The van der Waals surface area contributed by atoms with Crippen LogP contribution in [0.3, 0.4) is 0 Å². The number of nitrogens with zero attached hydrogens (tertiary/aromatic N) is 2. The Morgan fingerprint density at radius 2 is 2.32 bits per heavy atom. The molecule has 2 rings (SSSR count). The summed E-state index contributed by atoms with van der Waals surface area (Å²) >= 11 is 1.81. The SMILES string of the molecule is Cn1ccnc1SCCCCC(C)(CO)NC1CC1. The lowest BCUT2D eigenvalue weighted by molar-refractivity contribution is 0.161. The first-order chi connectivity index (χ1) is 9.13. The van der Waals surface area contributed by atoms with Crippen molar-refractivity contribution >= 4 is 11.8 Å². The van der Waals surface area contributed by atoms with Gasteiger partial charge in [-0.3, -0.25) is 0 Å². The van der Waals surface area contributed by atoms with E-state index in [2.05, 4.69) is 21.8 Å². The first-order valence-corrected chi connectivity index (χ1v) is 8.10. The van der Waals surface area contributed by atoms with Gasteiger partial charge in [0, 0.05) is 36.8 Å². The summed E-state index contributed by atoms with van der Waals surface area (Å²) in [5.41, 5.74) is -0.0882. The van der Waals surface area contributed by atoms with Gasteiger partial charge in [-0.25, -0.2) is 4.98 Å². The summed E-state index contributed by atoms with van der Waals surface area (Å²) in [6.07, 6.45) is 9.71. The Hall–Kier alpha value is -0.520. The molecule has 1 aromatic rings. The van der Waals surface area contributed by atoms with Crippen molar-refractivity contribution in [2.75, 3.05) is 12.4 Å². The lowest BCUT2D eigenvalue weighted by Crippen LogP contribution is -2.46. The number of thioether (sulfide) groups is 1. The Labute approximate surface area is 120 Å². The maximum atomic E-state index is 9.52. The maximum Gasteiger partial charge on any atom is 0.167 e. The van der Waals surface area contributed by atoms with E-state index in [1.165, 1.54) is 19.3 Å². The van der Waals surface area contributed by atoms with E-state index in [1.54, 1.807) is 0 Å². The van der Waals surface area contributed by atoms with Gasteiger partial charge < -0.3 is 15.0 Å². The first kappa shape index (κ1) is 14.9. The quantitative estimate of drug-likeness (QED) is 0.539. The van der Waals surface area contributed by atoms with E-state index in [9.17, 15) is 5.11 Å². The predicted octanol–water partition coefficient (Wildman–Crippen LogP) is 2.19. The largest absolute Gasteiger partial charge is 0.394 e. The van der Waals surface area contributed by atoms with Crippen LogP contribution >= 0.6 is 11.8 Å². The molecule has 2 N–H and O–H groups in total. The van der Waals surface area contributed by atoms with Crippen LogP contribution in [0, 0.1) is 0 Å². The summed E-state index contributed by atoms with van der Waals surface area (Å²) in [6.45, 7) is 2.37. The fourth-order valence-corrected chi connectivity index (χ4v) is 3.12. The van der Waals surface area contributed by atoms with Crippen LogP contribution in [-0.4, -0.2) is 38.6 Å². The molecule has 108 valence electrons. The lowest BCUT2D eigenvalue weighted by Gasteiger charge is -2.29. The molecule has 0 amide bonds. The van der Waals surface area contributed by atoms with E-state index >= 15 is 0 Å². The summed E-state index contributed by atoms with van der Waals surface area (Å²) < 4.78 is 2.05. The zero-order chi connectivity index (χ0) is 13.7. The van der Waals surface area contributed by atoms with E-state index in [0.717, 1.165) is 23.8 Å². The highest BCUT2D eigenvalue weighted by molar-refractivity contribution is 7.99. The topological polar surface area (TPSA) is 50.1 Å².